The first-order valence-electron chi connectivity index (χ1n) is 22.6. The van der Waals surface area contributed by atoms with E-state index in [4.69, 9.17) is 44.6 Å². The van der Waals surface area contributed by atoms with Crippen LogP contribution in [0.3, 0.4) is 0 Å². The molecule has 4 aromatic heterocycles. The number of hydrogen-bond acceptors (Lipinski definition) is 16. The number of aryl methyl sites for hydroxylation is 2. The molecule has 6 aromatic rings. The summed E-state index contributed by atoms with van der Waals surface area (Å²) in [5.74, 6) is 5.01. The first kappa shape index (κ1) is 41.0. The summed E-state index contributed by atoms with van der Waals surface area (Å²) in [6.45, 7) is 7.30. The quantitative estimate of drug-likeness (QED) is 0.134. The number of anilines is 4. The summed E-state index contributed by atoms with van der Waals surface area (Å²) in [6.07, 6.45) is 19.6. The van der Waals surface area contributed by atoms with Gasteiger partial charge in [0.1, 0.15) is 46.2 Å². The normalized spacial score (nSPS) is 23.4. The van der Waals surface area contributed by atoms with E-state index < -0.39 is 0 Å². The molecular weight excluding hydrogens is 797 g/mol. The maximum absolute atomic E-state index is 6.86. The standard InChI is InChI=1S/C47H56N12O4/c1-29-49-14-11-43(55-29)59(34-5-9-37(10-6-34)62-41-24-32(31-12-20-60-21-13-31)23-39-45(41)52-17-15-50-39)44-28-58(19-22-61-44)35-25-40-46(53-18-16-51-40)42(26-35)63-36-7-3-33(4-8-36)57-47-38(48)27-54-30(2)56-47/h11,14-18,23-27,31,33-34,36-37,44H,3-10,12-13,19-22,28,48H2,1-2H3,(H,54,56,57)/t33-,34-,36+,37+,44?. The van der Waals surface area contributed by atoms with Gasteiger partial charge in [-0.15, -0.1) is 0 Å². The summed E-state index contributed by atoms with van der Waals surface area (Å²) in [4.78, 5) is 41.8. The molecule has 0 amide bonds. The Morgan fingerprint density at radius 2 is 1.37 bits per heavy atom. The van der Waals surface area contributed by atoms with Gasteiger partial charge >= 0.3 is 0 Å². The summed E-state index contributed by atoms with van der Waals surface area (Å²) < 4.78 is 26.0. The van der Waals surface area contributed by atoms with Gasteiger partial charge in [-0.3, -0.25) is 9.97 Å². The number of morpholine rings is 1. The van der Waals surface area contributed by atoms with Crippen molar-refractivity contribution in [2.75, 3.05) is 53.8 Å². The van der Waals surface area contributed by atoms with Gasteiger partial charge < -0.3 is 39.8 Å². The van der Waals surface area contributed by atoms with Gasteiger partial charge in [-0.1, -0.05) is 0 Å². The average molecular weight is 853 g/mol. The van der Waals surface area contributed by atoms with E-state index in [1.807, 2.05) is 26.1 Å². The Bertz CT molecular complexity index is 2530. The molecule has 63 heavy (non-hydrogen) atoms. The SMILES string of the molecule is Cc1nccc(N(C2CN(c3cc(O[C@H]4CC[C@@H](Nc5nc(C)ncc5N)CC4)c4nccnc4c3)CCO2)[C@H]2CC[C@@H](Oc3cc(C4CCOCC4)cc4nccnc34)CC2)n1. The lowest BCUT2D eigenvalue weighted by Gasteiger charge is -2.45. The molecule has 328 valence electrons. The zero-order valence-electron chi connectivity index (χ0n) is 36.1. The van der Waals surface area contributed by atoms with Crippen LogP contribution in [0.1, 0.15) is 87.3 Å². The highest BCUT2D eigenvalue weighted by atomic mass is 16.5. The number of nitrogens with one attached hydrogen (secondary N) is 1. The third-order valence-electron chi connectivity index (χ3n) is 13.1. The number of ether oxygens (including phenoxy) is 4. The zero-order chi connectivity index (χ0) is 42.7. The Balaban J connectivity index is 0.842. The minimum atomic E-state index is -0.247. The van der Waals surface area contributed by atoms with E-state index in [0.717, 1.165) is 135 Å². The summed E-state index contributed by atoms with van der Waals surface area (Å²) in [7, 11) is 0. The number of nitrogen functional groups attached to an aromatic ring is 1. The first-order valence-corrected chi connectivity index (χ1v) is 22.6. The van der Waals surface area contributed by atoms with Crippen LogP contribution >= 0.6 is 0 Å². The lowest BCUT2D eigenvalue weighted by Crippen LogP contribution is -2.56. The highest BCUT2D eigenvalue weighted by Crippen LogP contribution is 2.38. The van der Waals surface area contributed by atoms with Crippen LogP contribution in [0.25, 0.3) is 22.1 Å². The second-order valence-electron chi connectivity index (χ2n) is 17.3. The minimum Gasteiger partial charge on any atom is -0.488 e. The molecule has 1 atom stereocenters. The van der Waals surface area contributed by atoms with E-state index in [1.165, 1.54) is 5.56 Å². The lowest BCUT2D eigenvalue weighted by atomic mass is 9.90. The third kappa shape index (κ3) is 9.23. The number of nitrogens with two attached hydrogens (primary N) is 1. The molecule has 10 rings (SSSR count). The number of hydrogen-bond donors (Lipinski definition) is 2. The smallest absolute Gasteiger partial charge is 0.153 e. The molecule has 3 N–H and O–H groups in total. The molecule has 0 bridgehead atoms. The largest absolute Gasteiger partial charge is 0.488 e. The molecule has 4 fully saturated rings. The van der Waals surface area contributed by atoms with Gasteiger partial charge in [-0.25, -0.2) is 29.9 Å². The van der Waals surface area contributed by atoms with Crippen LogP contribution in [-0.2, 0) is 9.47 Å². The van der Waals surface area contributed by atoms with Crippen LogP contribution in [0.15, 0.2) is 67.5 Å². The van der Waals surface area contributed by atoms with Crippen LogP contribution in [0.5, 0.6) is 11.5 Å². The van der Waals surface area contributed by atoms with Crippen LogP contribution in [0.2, 0.25) is 0 Å². The Morgan fingerprint density at radius 3 is 2.10 bits per heavy atom. The number of fused-ring (bicyclic) bond motifs is 2. The monoisotopic (exact) mass is 852 g/mol. The predicted molar refractivity (Wildman–Crippen MR) is 241 cm³/mol. The van der Waals surface area contributed by atoms with Crippen molar-refractivity contribution in [1.29, 1.82) is 0 Å². The first-order chi connectivity index (χ1) is 30.9. The fourth-order valence-corrected chi connectivity index (χ4v) is 9.83. The van der Waals surface area contributed by atoms with Crippen LogP contribution in [0, 0.1) is 13.8 Å². The van der Waals surface area contributed by atoms with Gasteiger partial charge in [-0.05, 0) is 114 Å². The molecule has 2 saturated carbocycles. The molecule has 2 aliphatic heterocycles. The highest BCUT2D eigenvalue weighted by Gasteiger charge is 2.36. The molecular formula is C47H56N12O4. The molecule has 1 unspecified atom stereocenters. The molecule has 16 heteroatoms. The number of aromatic nitrogens is 8. The van der Waals surface area contributed by atoms with Crippen molar-refractivity contribution in [3.8, 4) is 11.5 Å². The Labute approximate surface area is 367 Å². The summed E-state index contributed by atoms with van der Waals surface area (Å²) in [6, 6.07) is 11.1. The van der Waals surface area contributed by atoms with Crippen LogP contribution in [-0.4, -0.2) is 103 Å². The van der Waals surface area contributed by atoms with Gasteiger partial charge in [0.2, 0.25) is 0 Å². The number of rotatable bonds is 11. The molecule has 2 aliphatic carbocycles. The fourth-order valence-electron chi connectivity index (χ4n) is 9.83. The predicted octanol–water partition coefficient (Wildman–Crippen LogP) is 7.11. The fraction of sp³-hybridized carbons (Fsp3) is 0.489. The number of benzene rings is 2. The van der Waals surface area contributed by atoms with E-state index in [2.05, 4.69) is 59.3 Å². The van der Waals surface area contributed by atoms with E-state index in [1.54, 1.807) is 31.0 Å². The van der Waals surface area contributed by atoms with Crippen molar-refractivity contribution in [2.24, 2.45) is 0 Å². The molecule has 4 aliphatic rings. The third-order valence-corrected chi connectivity index (χ3v) is 13.1. The van der Waals surface area contributed by atoms with Crippen molar-refractivity contribution < 1.29 is 18.9 Å². The second kappa shape index (κ2) is 18.4. The highest BCUT2D eigenvalue weighted by molar-refractivity contribution is 5.85. The Morgan fingerprint density at radius 1 is 0.698 bits per heavy atom. The van der Waals surface area contributed by atoms with Crippen molar-refractivity contribution in [1.82, 2.24) is 39.9 Å². The van der Waals surface area contributed by atoms with Crippen molar-refractivity contribution in [3.05, 3.63) is 84.7 Å². The van der Waals surface area contributed by atoms with E-state index in [0.29, 0.717) is 36.4 Å². The van der Waals surface area contributed by atoms with Crippen LogP contribution < -0.4 is 30.3 Å². The molecule has 0 radical (unpaired) electrons. The Kier molecular flexibility index (Phi) is 12.0. The second-order valence-corrected chi connectivity index (χ2v) is 17.3. The minimum absolute atomic E-state index is 0.0450. The molecule has 2 saturated heterocycles. The topological polar surface area (TPSA) is 185 Å². The van der Waals surface area contributed by atoms with Crippen molar-refractivity contribution >= 4 is 45.1 Å². The van der Waals surface area contributed by atoms with E-state index >= 15 is 0 Å². The van der Waals surface area contributed by atoms with Gasteiger partial charge in [-0.2, -0.15) is 0 Å². The maximum atomic E-state index is 6.86. The zero-order valence-corrected chi connectivity index (χ0v) is 36.1. The lowest BCUT2D eigenvalue weighted by molar-refractivity contribution is 0.0263. The van der Waals surface area contributed by atoms with Gasteiger partial charge in [0, 0.05) is 74.6 Å². The maximum Gasteiger partial charge on any atom is 0.153 e. The van der Waals surface area contributed by atoms with E-state index in [-0.39, 0.29) is 30.5 Å². The van der Waals surface area contributed by atoms with Crippen LogP contribution in [0.4, 0.5) is 23.0 Å². The molecule has 16 nitrogen and oxygen atoms in total. The summed E-state index contributed by atoms with van der Waals surface area (Å²) in [5, 5.41) is 3.54. The molecule has 6 heterocycles. The summed E-state index contributed by atoms with van der Waals surface area (Å²) in [5.41, 5.74) is 12.3. The average Bonchev–Trinajstić information content (AvgIpc) is 3.32. The van der Waals surface area contributed by atoms with Crippen molar-refractivity contribution in [3.63, 3.8) is 0 Å². The molecule has 2 aromatic carbocycles. The van der Waals surface area contributed by atoms with Gasteiger partial charge in [0.05, 0.1) is 48.3 Å². The van der Waals surface area contributed by atoms with Gasteiger partial charge in [0.15, 0.2) is 5.82 Å². The van der Waals surface area contributed by atoms with Gasteiger partial charge in [0.25, 0.3) is 0 Å². The number of nitrogens with zero attached hydrogens (tertiary/aromatic N) is 10. The van der Waals surface area contributed by atoms with E-state index in [9.17, 15) is 0 Å². The molecule has 0 spiro atoms. The Hall–Kier alpha value is -6.00. The van der Waals surface area contributed by atoms with Crippen molar-refractivity contribution in [2.45, 2.75) is 114 Å². The summed E-state index contributed by atoms with van der Waals surface area (Å²) >= 11 is 0.